The van der Waals surface area contributed by atoms with Crippen LogP contribution in [0.2, 0.25) is 0 Å². The highest BCUT2D eigenvalue weighted by molar-refractivity contribution is 7.12. The third-order valence-corrected chi connectivity index (χ3v) is 4.47. The number of nitrogens with one attached hydrogen (secondary N) is 1. The Kier molecular flexibility index (Phi) is 3.75. The Labute approximate surface area is 111 Å². The smallest absolute Gasteiger partial charge is 0.252 e. The van der Waals surface area contributed by atoms with Crippen molar-refractivity contribution >= 4 is 17.2 Å². The Morgan fingerprint density at radius 1 is 1.67 bits per heavy atom. The molecule has 1 fully saturated rings. The van der Waals surface area contributed by atoms with Crippen LogP contribution in [-0.4, -0.2) is 35.9 Å². The predicted octanol–water partition coefficient (Wildman–Crippen LogP) is 1.63. The molecule has 0 aliphatic carbocycles. The van der Waals surface area contributed by atoms with E-state index in [0.29, 0.717) is 18.6 Å². The van der Waals surface area contributed by atoms with E-state index in [1.807, 2.05) is 26.8 Å². The number of hydrogen-bond donors (Lipinski definition) is 2. The van der Waals surface area contributed by atoms with Gasteiger partial charge in [-0.15, -0.1) is 11.3 Å². The van der Waals surface area contributed by atoms with Crippen LogP contribution in [-0.2, 0) is 4.74 Å². The van der Waals surface area contributed by atoms with Gasteiger partial charge in [-0.25, -0.2) is 0 Å². The molecule has 1 saturated heterocycles. The minimum Gasteiger partial charge on any atom is -0.385 e. The van der Waals surface area contributed by atoms with Crippen LogP contribution in [0, 0.1) is 13.8 Å². The Bertz CT molecular complexity index is 457. The number of ether oxygens (including phenoxy) is 1. The summed E-state index contributed by atoms with van der Waals surface area (Å²) in [7, 11) is 0. The van der Waals surface area contributed by atoms with Gasteiger partial charge in [-0.2, -0.15) is 0 Å². The summed E-state index contributed by atoms with van der Waals surface area (Å²) in [5, 5.41) is 13.1. The van der Waals surface area contributed by atoms with E-state index in [9.17, 15) is 9.90 Å². The number of aliphatic hydroxyl groups is 1. The van der Waals surface area contributed by atoms with Crippen molar-refractivity contribution in [1.29, 1.82) is 0 Å². The van der Waals surface area contributed by atoms with Crippen molar-refractivity contribution < 1.29 is 14.6 Å². The van der Waals surface area contributed by atoms with Gasteiger partial charge in [0.2, 0.25) is 0 Å². The van der Waals surface area contributed by atoms with Crippen LogP contribution in [0.4, 0.5) is 0 Å². The Balaban J connectivity index is 1.98. The van der Waals surface area contributed by atoms with Crippen LogP contribution < -0.4 is 5.32 Å². The summed E-state index contributed by atoms with van der Waals surface area (Å²) in [6.07, 6.45) is 0.332. The monoisotopic (exact) mass is 269 g/mol. The molecule has 1 aliphatic rings. The molecule has 4 nitrogen and oxygen atoms in total. The Morgan fingerprint density at radius 3 is 2.89 bits per heavy atom. The van der Waals surface area contributed by atoms with Crippen molar-refractivity contribution in [3.8, 4) is 0 Å². The van der Waals surface area contributed by atoms with Crippen LogP contribution in [0.15, 0.2) is 6.07 Å². The van der Waals surface area contributed by atoms with Gasteiger partial charge in [0.1, 0.15) is 5.60 Å². The zero-order chi connectivity index (χ0) is 13.3. The standard InChI is InChI=1S/C13H19NO3S/c1-8-6-11(9(2)18-8)12(15)14-7-13(16)4-5-17-10(13)3/h6,10,16H,4-5,7H2,1-3H3,(H,14,15). The van der Waals surface area contributed by atoms with E-state index >= 15 is 0 Å². The van der Waals surface area contributed by atoms with Crippen LogP contribution in [0.25, 0.3) is 0 Å². The highest BCUT2D eigenvalue weighted by Crippen LogP contribution is 2.25. The van der Waals surface area contributed by atoms with Crippen LogP contribution >= 0.6 is 11.3 Å². The van der Waals surface area contributed by atoms with E-state index in [2.05, 4.69) is 5.32 Å². The largest absolute Gasteiger partial charge is 0.385 e. The fourth-order valence-corrected chi connectivity index (χ4v) is 3.11. The van der Waals surface area contributed by atoms with Crippen molar-refractivity contribution in [2.24, 2.45) is 0 Å². The molecule has 18 heavy (non-hydrogen) atoms. The van der Waals surface area contributed by atoms with E-state index < -0.39 is 5.60 Å². The summed E-state index contributed by atoms with van der Waals surface area (Å²) in [5.74, 6) is -0.121. The number of hydrogen-bond acceptors (Lipinski definition) is 4. The zero-order valence-corrected chi connectivity index (χ0v) is 11.8. The molecule has 0 spiro atoms. The summed E-state index contributed by atoms with van der Waals surface area (Å²) >= 11 is 1.61. The van der Waals surface area contributed by atoms with Crippen LogP contribution in [0.1, 0.15) is 33.5 Å². The second kappa shape index (κ2) is 4.99. The number of amides is 1. The number of carbonyl (C=O) groups excluding carboxylic acids is 1. The molecule has 0 saturated carbocycles. The molecule has 2 N–H and O–H groups in total. The number of carbonyl (C=O) groups is 1. The SMILES string of the molecule is Cc1cc(C(=O)NCC2(O)CCOC2C)c(C)s1. The molecular weight excluding hydrogens is 250 g/mol. The van der Waals surface area contributed by atoms with Crippen molar-refractivity contribution in [2.75, 3.05) is 13.2 Å². The average molecular weight is 269 g/mol. The quantitative estimate of drug-likeness (QED) is 0.877. The lowest BCUT2D eigenvalue weighted by molar-refractivity contribution is -0.0251. The Morgan fingerprint density at radius 2 is 2.39 bits per heavy atom. The molecule has 1 aromatic heterocycles. The molecule has 2 rings (SSSR count). The second-order valence-electron chi connectivity index (χ2n) is 4.88. The maximum Gasteiger partial charge on any atom is 0.252 e. The predicted molar refractivity (Wildman–Crippen MR) is 71.1 cm³/mol. The maximum atomic E-state index is 12.0. The van der Waals surface area contributed by atoms with Gasteiger partial charge in [-0.1, -0.05) is 0 Å². The first-order valence-electron chi connectivity index (χ1n) is 6.11. The van der Waals surface area contributed by atoms with Gasteiger partial charge in [0, 0.05) is 29.3 Å². The Hall–Kier alpha value is -0.910. The van der Waals surface area contributed by atoms with E-state index in [-0.39, 0.29) is 18.6 Å². The molecule has 2 unspecified atom stereocenters. The molecule has 100 valence electrons. The van der Waals surface area contributed by atoms with Crippen molar-refractivity contribution in [3.63, 3.8) is 0 Å². The number of rotatable bonds is 3. The molecule has 0 radical (unpaired) electrons. The topological polar surface area (TPSA) is 58.6 Å². The average Bonchev–Trinajstić information content (AvgIpc) is 2.80. The molecule has 1 aliphatic heterocycles. The first-order chi connectivity index (χ1) is 8.42. The normalized spacial score (nSPS) is 27.4. The van der Waals surface area contributed by atoms with Gasteiger partial charge in [0.15, 0.2) is 0 Å². The third kappa shape index (κ3) is 2.58. The zero-order valence-electron chi connectivity index (χ0n) is 10.9. The first kappa shape index (κ1) is 13.5. The molecule has 0 aromatic carbocycles. The van der Waals surface area contributed by atoms with Crippen molar-refractivity contribution in [3.05, 3.63) is 21.4 Å². The van der Waals surface area contributed by atoms with E-state index in [1.54, 1.807) is 11.3 Å². The molecular formula is C13H19NO3S. The molecule has 2 heterocycles. The lowest BCUT2D eigenvalue weighted by Crippen LogP contribution is -2.47. The summed E-state index contributed by atoms with van der Waals surface area (Å²) in [4.78, 5) is 14.2. The highest BCUT2D eigenvalue weighted by atomic mass is 32.1. The fourth-order valence-electron chi connectivity index (χ4n) is 2.19. The minimum atomic E-state index is -0.936. The first-order valence-corrected chi connectivity index (χ1v) is 6.93. The summed E-state index contributed by atoms with van der Waals surface area (Å²) in [6, 6.07) is 1.88. The van der Waals surface area contributed by atoms with Gasteiger partial charge in [0.05, 0.1) is 11.7 Å². The van der Waals surface area contributed by atoms with Crippen molar-refractivity contribution in [1.82, 2.24) is 5.32 Å². The fraction of sp³-hybridized carbons (Fsp3) is 0.615. The maximum absolute atomic E-state index is 12.0. The van der Waals surface area contributed by atoms with Crippen LogP contribution in [0.5, 0.6) is 0 Å². The molecule has 2 atom stereocenters. The van der Waals surface area contributed by atoms with E-state index in [0.717, 1.165) is 9.75 Å². The molecule has 5 heteroatoms. The summed E-state index contributed by atoms with van der Waals surface area (Å²) in [6.45, 7) is 6.53. The molecule has 1 amide bonds. The van der Waals surface area contributed by atoms with Gasteiger partial charge in [0.25, 0.3) is 5.91 Å². The second-order valence-corrected chi connectivity index (χ2v) is 6.34. The molecule has 0 bridgehead atoms. The van der Waals surface area contributed by atoms with Crippen LogP contribution in [0.3, 0.4) is 0 Å². The highest BCUT2D eigenvalue weighted by Gasteiger charge is 2.39. The number of thiophene rings is 1. The van der Waals surface area contributed by atoms with Gasteiger partial charge < -0.3 is 15.2 Å². The van der Waals surface area contributed by atoms with Gasteiger partial charge >= 0.3 is 0 Å². The van der Waals surface area contributed by atoms with Crippen molar-refractivity contribution in [2.45, 2.75) is 38.9 Å². The van der Waals surface area contributed by atoms with Gasteiger partial charge in [-0.3, -0.25) is 4.79 Å². The van der Waals surface area contributed by atoms with E-state index in [4.69, 9.17) is 4.74 Å². The van der Waals surface area contributed by atoms with Gasteiger partial charge in [-0.05, 0) is 26.8 Å². The lowest BCUT2D eigenvalue weighted by Gasteiger charge is -2.26. The molecule has 1 aromatic rings. The van der Waals surface area contributed by atoms with E-state index in [1.165, 1.54) is 0 Å². The minimum absolute atomic E-state index is 0.121. The summed E-state index contributed by atoms with van der Waals surface area (Å²) < 4.78 is 5.34. The lowest BCUT2D eigenvalue weighted by atomic mass is 9.96. The third-order valence-electron chi connectivity index (χ3n) is 3.50. The number of aryl methyl sites for hydroxylation is 2. The summed E-state index contributed by atoms with van der Waals surface area (Å²) in [5.41, 5.74) is -0.234.